The number of benzene rings is 2. The molecule has 0 bridgehead atoms. The molecule has 120 valence electrons. The van der Waals surface area contributed by atoms with E-state index < -0.39 is 0 Å². The Morgan fingerprint density at radius 1 is 1.17 bits per heavy atom. The van der Waals surface area contributed by atoms with Crippen molar-refractivity contribution in [1.29, 1.82) is 5.26 Å². The average Bonchev–Trinajstić information content (AvgIpc) is 2.91. The van der Waals surface area contributed by atoms with Crippen molar-refractivity contribution in [2.24, 2.45) is 0 Å². The Bertz CT molecular complexity index is 894. The number of nitrogen functional groups attached to an aromatic ring is 1. The summed E-state index contributed by atoms with van der Waals surface area (Å²) in [5.41, 5.74) is 7.52. The van der Waals surface area contributed by atoms with Gasteiger partial charge in [-0.15, -0.1) is 5.10 Å². The molecule has 24 heavy (non-hydrogen) atoms. The number of nitrogens with one attached hydrogen (secondary N) is 1. The van der Waals surface area contributed by atoms with E-state index in [2.05, 4.69) is 10.4 Å². The van der Waals surface area contributed by atoms with Gasteiger partial charge in [0.25, 0.3) is 0 Å². The van der Waals surface area contributed by atoms with Crippen LogP contribution in [-0.4, -0.2) is 16.9 Å². The van der Waals surface area contributed by atoms with E-state index in [9.17, 15) is 9.65 Å². The number of halogens is 1. The summed E-state index contributed by atoms with van der Waals surface area (Å²) < 4.78 is 19.6. The van der Waals surface area contributed by atoms with Gasteiger partial charge in [0.2, 0.25) is 0 Å². The highest BCUT2D eigenvalue weighted by Crippen LogP contribution is 2.27. The predicted molar refractivity (Wildman–Crippen MR) is 88.9 cm³/mol. The topological polar surface area (TPSA) is 88.9 Å². The van der Waals surface area contributed by atoms with Gasteiger partial charge in [-0.2, -0.15) is 5.26 Å². The number of anilines is 3. The van der Waals surface area contributed by atoms with Crippen molar-refractivity contribution < 1.29 is 9.13 Å². The average molecular weight is 323 g/mol. The van der Waals surface area contributed by atoms with Crippen LogP contribution in [0.15, 0.2) is 48.5 Å². The van der Waals surface area contributed by atoms with Crippen LogP contribution >= 0.6 is 0 Å². The summed E-state index contributed by atoms with van der Waals surface area (Å²) in [5.74, 6) is 0.864. The van der Waals surface area contributed by atoms with Gasteiger partial charge in [-0.05, 0) is 48.5 Å². The Morgan fingerprint density at radius 3 is 2.42 bits per heavy atom. The summed E-state index contributed by atoms with van der Waals surface area (Å²) in [5, 5.41) is 16.7. The zero-order valence-electron chi connectivity index (χ0n) is 12.8. The molecule has 0 aliphatic carbocycles. The SMILES string of the molecule is COc1ccc(Nc2nn(-c3ccc(F)cc3)c(N)c2C#N)cc1. The van der Waals surface area contributed by atoms with Gasteiger partial charge >= 0.3 is 0 Å². The normalized spacial score (nSPS) is 10.2. The summed E-state index contributed by atoms with van der Waals surface area (Å²) in [6.45, 7) is 0. The standard InChI is InChI=1S/C17H14FN5O/c1-24-14-8-4-12(5-9-14)21-17-15(10-19)16(20)23(22-17)13-6-2-11(18)3-7-13/h2-9H,20H2,1H3,(H,21,22). The van der Waals surface area contributed by atoms with Crippen molar-refractivity contribution >= 4 is 17.3 Å². The number of rotatable bonds is 4. The number of nitrogens with zero attached hydrogens (tertiary/aromatic N) is 3. The second-order valence-corrected chi connectivity index (χ2v) is 4.96. The van der Waals surface area contributed by atoms with Crippen molar-refractivity contribution in [1.82, 2.24) is 9.78 Å². The molecule has 3 rings (SSSR count). The minimum absolute atomic E-state index is 0.181. The second kappa shape index (κ2) is 6.30. The first-order chi connectivity index (χ1) is 11.6. The van der Waals surface area contributed by atoms with E-state index >= 15 is 0 Å². The molecular weight excluding hydrogens is 309 g/mol. The maximum Gasteiger partial charge on any atom is 0.173 e. The molecule has 1 aromatic heterocycles. The Kier molecular flexibility index (Phi) is 4.03. The van der Waals surface area contributed by atoms with Crippen molar-refractivity contribution in [3.63, 3.8) is 0 Å². The van der Waals surface area contributed by atoms with Crippen molar-refractivity contribution in [2.45, 2.75) is 0 Å². The van der Waals surface area contributed by atoms with Crippen LogP contribution in [0, 0.1) is 17.1 Å². The zero-order valence-corrected chi connectivity index (χ0v) is 12.8. The first-order valence-corrected chi connectivity index (χ1v) is 7.08. The summed E-state index contributed by atoms with van der Waals surface area (Å²) in [6.07, 6.45) is 0. The van der Waals surface area contributed by atoms with Crippen LogP contribution in [0.3, 0.4) is 0 Å². The number of methoxy groups -OCH3 is 1. The monoisotopic (exact) mass is 323 g/mol. The first kappa shape index (κ1) is 15.4. The van der Waals surface area contributed by atoms with Gasteiger partial charge in [0.05, 0.1) is 12.8 Å². The predicted octanol–water partition coefficient (Wildman–Crippen LogP) is 3.22. The van der Waals surface area contributed by atoms with Gasteiger partial charge in [0.15, 0.2) is 5.82 Å². The van der Waals surface area contributed by atoms with Crippen molar-refractivity contribution in [3.05, 3.63) is 59.9 Å². The van der Waals surface area contributed by atoms with Crippen LogP contribution in [-0.2, 0) is 0 Å². The fourth-order valence-corrected chi connectivity index (χ4v) is 2.22. The van der Waals surface area contributed by atoms with Crippen molar-refractivity contribution in [2.75, 3.05) is 18.2 Å². The Balaban J connectivity index is 1.97. The molecule has 6 nitrogen and oxygen atoms in total. The third kappa shape index (κ3) is 2.85. The molecule has 0 saturated carbocycles. The number of aromatic nitrogens is 2. The van der Waals surface area contributed by atoms with Gasteiger partial charge in [0.1, 0.15) is 29.0 Å². The van der Waals surface area contributed by atoms with Gasteiger partial charge in [-0.25, -0.2) is 9.07 Å². The van der Waals surface area contributed by atoms with E-state index in [1.807, 2.05) is 6.07 Å². The van der Waals surface area contributed by atoms with Crippen LogP contribution in [0.2, 0.25) is 0 Å². The van der Waals surface area contributed by atoms with E-state index in [0.717, 1.165) is 11.4 Å². The fraction of sp³-hybridized carbons (Fsp3) is 0.0588. The van der Waals surface area contributed by atoms with E-state index in [4.69, 9.17) is 10.5 Å². The maximum atomic E-state index is 13.1. The Labute approximate surface area is 137 Å². The molecule has 0 spiro atoms. The summed E-state index contributed by atoms with van der Waals surface area (Å²) in [6, 6.07) is 14.9. The minimum Gasteiger partial charge on any atom is -0.497 e. The lowest BCUT2D eigenvalue weighted by molar-refractivity contribution is 0.415. The third-order valence-electron chi connectivity index (χ3n) is 3.46. The smallest absolute Gasteiger partial charge is 0.173 e. The number of hydrogen-bond donors (Lipinski definition) is 2. The quantitative estimate of drug-likeness (QED) is 0.769. The van der Waals surface area contributed by atoms with Crippen LogP contribution in [0.5, 0.6) is 5.75 Å². The van der Waals surface area contributed by atoms with E-state index in [1.54, 1.807) is 31.4 Å². The van der Waals surface area contributed by atoms with Gasteiger partial charge in [-0.3, -0.25) is 0 Å². The molecule has 0 aliphatic rings. The molecule has 0 unspecified atom stereocenters. The molecule has 1 heterocycles. The lowest BCUT2D eigenvalue weighted by Gasteiger charge is -2.05. The fourth-order valence-electron chi connectivity index (χ4n) is 2.22. The number of ether oxygens (including phenoxy) is 1. The largest absolute Gasteiger partial charge is 0.497 e. The molecule has 0 radical (unpaired) electrons. The Morgan fingerprint density at radius 2 is 1.83 bits per heavy atom. The first-order valence-electron chi connectivity index (χ1n) is 7.08. The molecule has 0 amide bonds. The lowest BCUT2D eigenvalue weighted by atomic mass is 10.2. The second-order valence-electron chi connectivity index (χ2n) is 4.96. The Hall–Kier alpha value is -3.53. The van der Waals surface area contributed by atoms with Crippen LogP contribution in [0.4, 0.5) is 21.7 Å². The molecule has 0 atom stereocenters. The molecule has 0 aliphatic heterocycles. The van der Waals surface area contributed by atoms with E-state index in [0.29, 0.717) is 11.5 Å². The minimum atomic E-state index is -0.360. The van der Waals surface area contributed by atoms with Crippen molar-refractivity contribution in [3.8, 4) is 17.5 Å². The molecular formula is C17H14FN5O. The third-order valence-corrected chi connectivity index (χ3v) is 3.46. The van der Waals surface area contributed by atoms with Crippen LogP contribution in [0.25, 0.3) is 5.69 Å². The van der Waals surface area contributed by atoms with Crippen LogP contribution < -0.4 is 15.8 Å². The molecule has 3 N–H and O–H groups in total. The van der Waals surface area contributed by atoms with E-state index in [-0.39, 0.29) is 17.2 Å². The molecule has 7 heteroatoms. The number of hydrogen-bond acceptors (Lipinski definition) is 5. The highest BCUT2D eigenvalue weighted by Gasteiger charge is 2.17. The van der Waals surface area contributed by atoms with Gasteiger partial charge in [0, 0.05) is 5.69 Å². The molecule has 0 fully saturated rings. The van der Waals surface area contributed by atoms with Gasteiger partial charge in [-0.1, -0.05) is 0 Å². The maximum absolute atomic E-state index is 13.1. The summed E-state index contributed by atoms with van der Waals surface area (Å²) >= 11 is 0. The van der Waals surface area contributed by atoms with E-state index in [1.165, 1.54) is 28.9 Å². The molecule has 3 aromatic rings. The highest BCUT2D eigenvalue weighted by atomic mass is 19.1. The summed E-state index contributed by atoms with van der Waals surface area (Å²) in [4.78, 5) is 0. The van der Waals surface area contributed by atoms with Crippen LogP contribution in [0.1, 0.15) is 5.56 Å². The molecule has 2 aromatic carbocycles. The highest BCUT2D eigenvalue weighted by molar-refractivity contribution is 5.71. The van der Waals surface area contributed by atoms with Gasteiger partial charge < -0.3 is 15.8 Å². The summed E-state index contributed by atoms with van der Waals surface area (Å²) in [7, 11) is 1.58. The molecule has 0 saturated heterocycles. The zero-order chi connectivity index (χ0) is 17.1. The lowest BCUT2D eigenvalue weighted by Crippen LogP contribution is -2.02. The number of nitrogens with two attached hydrogens (primary N) is 1. The number of nitriles is 1.